The zero-order chi connectivity index (χ0) is 8.23. The molecule has 2 aromatic rings. The van der Waals surface area contributed by atoms with Gasteiger partial charge in [-0.2, -0.15) is 0 Å². The molecule has 0 nitrogen and oxygen atoms in total. The summed E-state index contributed by atoms with van der Waals surface area (Å²) in [4.78, 5) is 0. The number of benzene rings is 2. The van der Waals surface area contributed by atoms with Gasteiger partial charge in [0.05, 0.1) is 0 Å². The molecule has 0 saturated carbocycles. The summed E-state index contributed by atoms with van der Waals surface area (Å²) in [5.41, 5.74) is 2.55. The average molecular weight is 292 g/mol. The van der Waals surface area contributed by atoms with E-state index in [1.807, 2.05) is 12.1 Å². The van der Waals surface area contributed by atoms with E-state index in [0.717, 1.165) is 0 Å². The van der Waals surface area contributed by atoms with Crippen molar-refractivity contribution < 1.29 is 0 Å². The van der Waals surface area contributed by atoms with Crippen molar-refractivity contribution >= 4 is 48.9 Å². The number of hydrogen-bond donors (Lipinski definition) is 0. The molecule has 2 rings (SSSR count). The molecule has 0 unspecified atom stereocenters. The Morgan fingerprint density at radius 3 is 1.08 bits per heavy atom. The van der Waals surface area contributed by atoms with Gasteiger partial charge in [0.1, 0.15) is 0 Å². The maximum atomic E-state index is 2.12. The molecule has 0 atom stereocenters. The van der Waals surface area contributed by atoms with Crippen LogP contribution in [0.3, 0.4) is 0 Å². The Bertz CT molecular complexity index is 303. The van der Waals surface area contributed by atoms with E-state index in [2.05, 4.69) is 48.5 Å². The Morgan fingerprint density at radius 2 is 0.769 bits per heavy atom. The van der Waals surface area contributed by atoms with Crippen molar-refractivity contribution in [3.8, 4) is 11.1 Å². The van der Waals surface area contributed by atoms with Gasteiger partial charge in [-0.1, -0.05) is 60.7 Å². The predicted molar refractivity (Wildman–Crippen MR) is 57.6 cm³/mol. The van der Waals surface area contributed by atoms with Gasteiger partial charge in [0.15, 0.2) is 0 Å². The van der Waals surface area contributed by atoms with Gasteiger partial charge in [0.2, 0.25) is 0 Å². The summed E-state index contributed by atoms with van der Waals surface area (Å²) in [7, 11) is 0. The van der Waals surface area contributed by atoms with Crippen LogP contribution in [0.5, 0.6) is 0 Å². The first-order chi connectivity index (χ1) is 5.97. The van der Waals surface area contributed by atoms with Crippen LogP contribution in [0.25, 0.3) is 11.1 Å². The van der Waals surface area contributed by atoms with Crippen LogP contribution in [0.1, 0.15) is 0 Å². The van der Waals surface area contributed by atoms with E-state index in [1.165, 1.54) is 11.1 Å². The normalized spacial score (nSPS) is 8.92. The Hall–Kier alpha value is 0.0114. The molecular formula is C12H10Ba+2. The third-order valence-electron chi connectivity index (χ3n) is 1.88. The Morgan fingerprint density at radius 1 is 0.462 bits per heavy atom. The molecular weight excluding hydrogens is 281 g/mol. The standard InChI is InChI=1S/C12H10.Ba/c1-3-7-11(8-4-1)12-9-5-2-6-10-12;/h1-10H;/q;+2. The average Bonchev–Trinajstić information content (AvgIpc) is 2.21. The van der Waals surface area contributed by atoms with Crippen LogP contribution in [-0.4, -0.2) is 48.9 Å². The van der Waals surface area contributed by atoms with Gasteiger partial charge in [0, 0.05) is 0 Å². The van der Waals surface area contributed by atoms with Gasteiger partial charge >= 0.3 is 48.9 Å². The molecule has 0 amide bonds. The van der Waals surface area contributed by atoms with Gasteiger partial charge < -0.3 is 0 Å². The summed E-state index contributed by atoms with van der Waals surface area (Å²) in [6, 6.07) is 20.8. The van der Waals surface area contributed by atoms with Crippen LogP contribution < -0.4 is 0 Å². The molecule has 0 saturated heterocycles. The van der Waals surface area contributed by atoms with Crippen LogP contribution in [0.15, 0.2) is 60.7 Å². The van der Waals surface area contributed by atoms with Gasteiger partial charge in [-0.25, -0.2) is 0 Å². The second kappa shape index (κ2) is 5.68. The van der Waals surface area contributed by atoms with Crippen molar-refractivity contribution in [2.75, 3.05) is 0 Å². The summed E-state index contributed by atoms with van der Waals surface area (Å²) < 4.78 is 0. The maximum Gasteiger partial charge on any atom is 2.00 e. The first-order valence-electron chi connectivity index (χ1n) is 4.07. The molecule has 0 N–H and O–H groups in total. The molecule has 0 bridgehead atoms. The van der Waals surface area contributed by atoms with Crippen LogP contribution in [0.4, 0.5) is 0 Å². The fourth-order valence-corrected chi connectivity index (χ4v) is 1.26. The third-order valence-corrected chi connectivity index (χ3v) is 1.88. The van der Waals surface area contributed by atoms with Crippen molar-refractivity contribution in [2.45, 2.75) is 0 Å². The van der Waals surface area contributed by atoms with Gasteiger partial charge in [-0.05, 0) is 11.1 Å². The van der Waals surface area contributed by atoms with E-state index in [1.54, 1.807) is 0 Å². The topological polar surface area (TPSA) is 0 Å². The zero-order valence-electron chi connectivity index (χ0n) is 7.48. The fraction of sp³-hybridized carbons (Fsp3) is 0. The van der Waals surface area contributed by atoms with Crippen molar-refractivity contribution in [1.82, 2.24) is 0 Å². The monoisotopic (exact) mass is 292 g/mol. The van der Waals surface area contributed by atoms with E-state index < -0.39 is 0 Å². The van der Waals surface area contributed by atoms with E-state index in [9.17, 15) is 0 Å². The minimum Gasteiger partial charge on any atom is -0.0622 e. The summed E-state index contributed by atoms with van der Waals surface area (Å²) in [5, 5.41) is 0. The fourth-order valence-electron chi connectivity index (χ4n) is 1.26. The van der Waals surface area contributed by atoms with E-state index in [4.69, 9.17) is 0 Å². The van der Waals surface area contributed by atoms with E-state index >= 15 is 0 Å². The molecule has 13 heavy (non-hydrogen) atoms. The SMILES string of the molecule is [Ba+2].c1ccc(-c2ccccc2)cc1. The molecule has 0 heterocycles. The molecule has 0 radical (unpaired) electrons. The first kappa shape index (κ1) is 11.1. The smallest absolute Gasteiger partial charge is 0.0622 e. The summed E-state index contributed by atoms with van der Waals surface area (Å²) in [6.45, 7) is 0. The van der Waals surface area contributed by atoms with Crippen molar-refractivity contribution in [3.05, 3.63) is 60.7 Å². The van der Waals surface area contributed by atoms with Gasteiger partial charge in [-0.15, -0.1) is 0 Å². The van der Waals surface area contributed by atoms with E-state index in [0.29, 0.717) is 0 Å². The zero-order valence-corrected chi connectivity index (χ0v) is 11.9. The maximum absolute atomic E-state index is 2.12. The second-order valence-corrected chi connectivity index (χ2v) is 2.73. The van der Waals surface area contributed by atoms with E-state index in [-0.39, 0.29) is 48.9 Å². The Balaban J connectivity index is 0.000000845. The Kier molecular flexibility index (Phi) is 4.85. The second-order valence-electron chi connectivity index (χ2n) is 2.73. The molecule has 0 aliphatic carbocycles. The summed E-state index contributed by atoms with van der Waals surface area (Å²) in [5.74, 6) is 0. The van der Waals surface area contributed by atoms with Crippen molar-refractivity contribution in [2.24, 2.45) is 0 Å². The quantitative estimate of drug-likeness (QED) is 0.709. The number of hydrogen-bond acceptors (Lipinski definition) is 0. The van der Waals surface area contributed by atoms with Gasteiger partial charge in [-0.3, -0.25) is 0 Å². The van der Waals surface area contributed by atoms with Crippen LogP contribution in [0.2, 0.25) is 0 Å². The molecule has 0 fully saturated rings. The first-order valence-corrected chi connectivity index (χ1v) is 4.07. The van der Waals surface area contributed by atoms with Crippen LogP contribution in [0, 0.1) is 0 Å². The molecule has 0 aliphatic rings. The molecule has 2 aromatic carbocycles. The van der Waals surface area contributed by atoms with Gasteiger partial charge in [0.25, 0.3) is 0 Å². The molecule has 0 spiro atoms. The number of rotatable bonds is 1. The molecule has 0 aromatic heterocycles. The van der Waals surface area contributed by atoms with Crippen LogP contribution in [-0.2, 0) is 0 Å². The van der Waals surface area contributed by atoms with Crippen molar-refractivity contribution in [1.29, 1.82) is 0 Å². The molecule has 1 heteroatoms. The summed E-state index contributed by atoms with van der Waals surface area (Å²) >= 11 is 0. The Labute approximate surface area is 119 Å². The molecule has 0 aliphatic heterocycles. The predicted octanol–water partition coefficient (Wildman–Crippen LogP) is 2.97. The minimum atomic E-state index is 0. The largest absolute Gasteiger partial charge is 2.00 e. The third kappa shape index (κ3) is 3.01. The van der Waals surface area contributed by atoms with Crippen LogP contribution >= 0.6 is 0 Å². The van der Waals surface area contributed by atoms with Crippen molar-refractivity contribution in [3.63, 3.8) is 0 Å². The minimum absolute atomic E-state index is 0. The molecule has 58 valence electrons. The summed E-state index contributed by atoms with van der Waals surface area (Å²) in [6.07, 6.45) is 0.